The molecule has 82 valence electrons. The molecule has 1 unspecified atom stereocenters. The van der Waals surface area contributed by atoms with Gasteiger partial charge in [0, 0.05) is 12.5 Å². The number of aromatic nitrogens is 2. The second-order valence-corrected chi connectivity index (χ2v) is 5.73. The molecular formula is C10H15N3S2. The zero-order chi connectivity index (χ0) is 10.3. The smallest absolute Gasteiger partial charge is 0.133 e. The van der Waals surface area contributed by atoms with Gasteiger partial charge in [-0.1, -0.05) is 0 Å². The highest BCUT2D eigenvalue weighted by molar-refractivity contribution is 7.98. The van der Waals surface area contributed by atoms with E-state index in [0.717, 1.165) is 5.92 Å². The maximum atomic E-state index is 4.51. The maximum Gasteiger partial charge on any atom is 0.133 e. The van der Waals surface area contributed by atoms with Crippen molar-refractivity contribution in [2.75, 3.05) is 25.9 Å². The summed E-state index contributed by atoms with van der Waals surface area (Å²) >= 11 is 3.11. The van der Waals surface area contributed by atoms with Crippen LogP contribution >= 0.6 is 23.5 Å². The van der Waals surface area contributed by atoms with Gasteiger partial charge >= 0.3 is 0 Å². The molecule has 0 spiro atoms. The zero-order valence-electron chi connectivity index (χ0n) is 8.85. The summed E-state index contributed by atoms with van der Waals surface area (Å²) in [5, 5.41) is 1.17. The predicted octanol–water partition coefficient (Wildman–Crippen LogP) is 2.07. The molecule has 5 heteroatoms. The molecule has 1 atom stereocenters. The average Bonchev–Trinajstić information content (AvgIpc) is 2.78. The minimum Gasteiger partial charge on any atom is -0.303 e. The van der Waals surface area contributed by atoms with Crippen molar-refractivity contribution in [2.24, 2.45) is 5.92 Å². The van der Waals surface area contributed by atoms with E-state index < -0.39 is 0 Å². The van der Waals surface area contributed by atoms with Gasteiger partial charge in [0.05, 0.1) is 17.4 Å². The Labute approximate surface area is 98.6 Å². The van der Waals surface area contributed by atoms with Crippen molar-refractivity contribution < 1.29 is 0 Å². The number of piperidine rings is 3. The average molecular weight is 241 g/mol. The Morgan fingerprint density at radius 3 is 2.73 bits per heavy atom. The van der Waals surface area contributed by atoms with E-state index in [1.165, 1.54) is 54.9 Å². The molecule has 1 aromatic rings. The summed E-state index contributed by atoms with van der Waals surface area (Å²) in [5.74, 6) is 1.53. The van der Waals surface area contributed by atoms with Gasteiger partial charge in [-0.3, -0.25) is 0 Å². The Bertz CT molecular complexity index is 344. The molecular weight excluding hydrogens is 226 g/mol. The van der Waals surface area contributed by atoms with Crippen molar-refractivity contribution in [3.05, 3.63) is 5.69 Å². The fourth-order valence-electron chi connectivity index (χ4n) is 2.83. The highest BCUT2D eigenvalue weighted by atomic mass is 32.2. The van der Waals surface area contributed by atoms with Crippen LogP contribution in [0.1, 0.15) is 24.5 Å². The van der Waals surface area contributed by atoms with Crippen molar-refractivity contribution in [2.45, 2.75) is 23.8 Å². The van der Waals surface area contributed by atoms with Gasteiger partial charge in [0.2, 0.25) is 0 Å². The molecule has 4 heterocycles. The number of nitrogens with zero attached hydrogens (tertiary/aromatic N) is 3. The largest absolute Gasteiger partial charge is 0.303 e. The van der Waals surface area contributed by atoms with Crippen LogP contribution in [0.15, 0.2) is 5.03 Å². The summed E-state index contributed by atoms with van der Waals surface area (Å²) < 4.78 is 8.88. The molecule has 2 bridgehead atoms. The molecule has 0 radical (unpaired) electrons. The molecule has 15 heavy (non-hydrogen) atoms. The van der Waals surface area contributed by atoms with E-state index >= 15 is 0 Å². The Kier molecular flexibility index (Phi) is 2.70. The Hall–Kier alpha value is -0.130. The molecule has 3 aliphatic heterocycles. The molecule has 0 aromatic carbocycles. The quantitative estimate of drug-likeness (QED) is 0.741. The van der Waals surface area contributed by atoms with E-state index in [1.807, 2.05) is 0 Å². The number of thioether (sulfide) groups is 1. The molecule has 0 aliphatic carbocycles. The van der Waals surface area contributed by atoms with E-state index in [9.17, 15) is 0 Å². The molecule has 1 aromatic heterocycles. The van der Waals surface area contributed by atoms with Crippen molar-refractivity contribution in [1.29, 1.82) is 0 Å². The van der Waals surface area contributed by atoms with E-state index in [1.54, 1.807) is 11.8 Å². The number of rotatable bonds is 2. The molecule has 0 saturated carbocycles. The molecule has 0 amide bonds. The lowest BCUT2D eigenvalue weighted by Gasteiger charge is -2.44. The lowest BCUT2D eigenvalue weighted by atomic mass is 9.78. The summed E-state index contributed by atoms with van der Waals surface area (Å²) in [4.78, 5) is 2.58. The van der Waals surface area contributed by atoms with Crippen molar-refractivity contribution in [3.8, 4) is 0 Å². The SMILES string of the molecule is CSc1nsnc1C1CN2CCC1CC2. The fraction of sp³-hybridized carbons (Fsp3) is 0.800. The lowest BCUT2D eigenvalue weighted by molar-refractivity contribution is 0.0846. The normalized spacial score (nSPS) is 34.6. The lowest BCUT2D eigenvalue weighted by Crippen LogP contribution is -2.46. The topological polar surface area (TPSA) is 29.0 Å². The van der Waals surface area contributed by atoms with Crippen molar-refractivity contribution in [1.82, 2.24) is 13.6 Å². The summed E-state index contributed by atoms with van der Waals surface area (Å²) in [7, 11) is 0. The van der Waals surface area contributed by atoms with Gasteiger partial charge in [-0.05, 0) is 38.1 Å². The number of fused-ring (bicyclic) bond motifs is 3. The highest BCUT2D eigenvalue weighted by Gasteiger charge is 2.37. The minimum absolute atomic E-state index is 0.661. The van der Waals surface area contributed by atoms with Gasteiger partial charge in [-0.15, -0.1) is 11.8 Å². The van der Waals surface area contributed by atoms with Crippen LogP contribution in [0.5, 0.6) is 0 Å². The van der Waals surface area contributed by atoms with Crippen LogP contribution in [0.3, 0.4) is 0 Å². The summed E-state index contributed by atoms with van der Waals surface area (Å²) in [6, 6.07) is 0. The standard InChI is InChI=1S/C10H15N3S2/c1-14-10-9(11-15-12-10)8-6-13-4-2-7(8)3-5-13/h7-8H,2-6H2,1H3. The van der Waals surface area contributed by atoms with E-state index in [0.29, 0.717) is 5.92 Å². The molecule has 3 aliphatic rings. The summed E-state index contributed by atoms with van der Waals surface area (Å²) in [5.41, 5.74) is 1.28. The fourth-order valence-corrected chi connectivity index (χ4v) is 4.21. The monoisotopic (exact) mass is 241 g/mol. The molecule has 3 nitrogen and oxygen atoms in total. The third-order valence-electron chi connectivity index (χ3n) is 3.68. The Morgan fingerprint density at radius 2 is 2.13 bits per heavy atom. The van der Waals surface area contributed by atoms with Gasteiger partial charge < -0.3 is 4.90 Å². The summed E-state index contributed by atoms with van der Waals surface area (Å²) in [6.45, 7) is 3.81. The van der Waals surface area contributed by atoms with Gasteiger partial charge in [0.15, 0.2) is 0 Å². The van der Waals surface area contributed by atoms with E-state index in [2.05, 4.69) is 19.9 Å². The van der Waals surface area contributed by atoms with Gasteiger partial charge in [-0.2, -0.15) is 8.75 Å². The molecule has 3 fully saturated rings. The van der Waals surface area contributed by atoms with Crippen LogP contribution in [0.25, 0.3) is 0 Å². The van der Waals surface area contributed by atoms with Crippen molar-refractivity contribution >= 4 is 23.5 Å². The Morgan fingerprint density at radius 1 is 1.33 bits per heavy atom. The Balaban J connectivity index is 1.88. The van der Waals surface area contributed by atoms with E-state index in [4.69, 9.17) is 0 Å². The molecule has 0 N–H and O–H groups in total. The van der Waals surface area contributed by atoms with Crippen LogP contribution in [-0.4, -0.2) is 39.5 Å². The first-order valence-electron chi connectivity index (χ1n) is 5.47. The predicted molar refractivity (Wildman–Crippen MR) is 63.6 cm³/mol. The van der Waals surface area contributed by atoms with Crippen LogP contribution in [0.2, 0.25) is 0 Å². The molecule has 3 saturated heterocycles. The van der Waals surface area contributed by atoms with Crippen LogP contribution in [0.4, 0.5) is 0 Å². The zero-order valence-corrected chi connectivity index (χ0v) is 10.5. The maximum absolute atomic E-state index is 4.51. The minimum atomic E-state index is 0.661. The third-order valence-corrected chi connectivity index (χ3v) is 5.03. The first-order chi connectivity index (χ1) is 7.38. The van der Waals surface area contributed by atoms with Crippen LogP contribution < -0.4 is 0 Å². The summed E-state index contributed by atoms with van der Waals surface area (Å²) in [6.07, 6.45) is 4.81. The van der Waals surface area contributed by atoms with Gasteiger partial charge in [0.1, 0.15) is 5.03 Å². The van der Waals surface area contributed by atoms with E-state index in [-0.39, 0.29) is 0 Å². The third kappa shape index (κ3) is 1.70. The molecule has 4 rings (SSSR count). The number of hydrogen-bond acceptors (Lipinski definition) is 5. The van der Waals surface area contributed by atoms with Crippen LogP contribution in [-0.2, 0) is 0 Å². The number of hydrogen-bond donors (Lipinski definition) is 0. The second-order valence-electron chi connectivity index (χ2n) is 4.40. The van der Waals surface area contributed by atoms with Gasteiger partial charge in [0.25, 0.3) is 0 Å². The first-order valence-corrected chi connectivity index (χ1v) is 7.43. The van der Waals surface area contributed by atoms with Crippen molar-refractivity contribution in [3.63, 3.8) is 0 Å². The van der Waals surface area contributed by atoms with Crippen LogP contribution in [0, 0.1) is 5.92 Å². The first kappa shape index (κ1) is 10.1. The van der Waals surface area contributed by atoms with Gasteiger partial charge in [-0.25, -0.2) is 0 Å². The second kappa shape index (κ2) is 4.03. The highest BCUT2D eigenvalue weighted by Crippen LogP contribution is 2.40.